The molecule has 0 radical (unpaired) electrons. The van der Waals surface area contributed by atoms with E-state index in [4.69, 9.17) is 9.47 Å². The van der Waals surface area contributed by atoms with Crippen LogP contribution < -0.4 is 5.32 Å². The van der Waals surface area contributed by atoms with Gasteiger partial charge in [0.15, 0.2) is 0 Å². The Morgan fingerprint density at radius 1 is 1.47 bits per heavy atom. The minimum atomic E-state index is -0.832. The molecule has 2 unspecified atom stereocenters. The second kappa shape index (κ2) is 4.76. The molecule has 3 rings (SSSR count). The summed E-state index contributed by atoms with van der Waals surface area (Å²) >= 11 is 3.34. The second-order valence-corrected chi connectivity index (χ2v) is 5.77. The Hall–Kier alpha value is -1.14. The highest BCUT2D eigenvalue weighted by atomic mass is 79.9. The van der Waals surface area contributed by atoms with E-state index in [0.29, 0.717) is 18.8 Å². The van der Waals surface area contributed by atoms with Gasteiger partial charge >= 0.3 is 6.09 Å². The van der Waals surface area contributed by atoms with Gasteiger partial charge in [-0.2, -0.15) is 0 Å². The van der Waals surface area contributed by atoms with Crippen molar-refractivity contribution in [3.8, 4) is 0 Å². The predicted molar refractivity (Wildman–Crippen MR) is 69.2 cm³/mol. The zero-order valence-corrected chi connectivity index (χ0v) is 11.7. The number of ether oxygens (including phenoxy) is 2. The average molecular weight is 330 g/mol. The molecule has 2 saturated heterocycles. The van der Waals surface area contributed by atoms with Crippen LogP contribution in [0.1, 0.15) is 12.0 Å². The van der Waals surface area contributed by atoms with E-state index in [-0.39, 0.29) is 18.3 Å². The molecule has 2 aliphatic heterocycles. The first-order valence-electron chi connectivity index (χ1n) is 6.10. The number of hydrogen-bond acceptors (Lipinski definition) is 3. The lowest BCUT2D eigenvalue weighted by Gasteiger charge is -2.46. The summed E-state index contributed by atoms with van der Waals surface area (Å²) in [6.45, 7) is 1.16. The Kier molecular flexibility index (Phi) is 3.22. The van der Waals surface area contributed by atoms with E-state index in [2.05, 4.69) is 21.2 Å². The lowest BCUT2D eigenvalue weighted by molar-refractivity contribution is -0.0656. The fraction of sp³-hybridized carbons (Fsp3) is 0.462. The molecule has 1 N–H and O–H groups in total. The smallest absolute Gasteiger partial charge is 0.407 e. The molecule has 0 aromatic heterocycles. The van der Waals surface area contributed by atoms with Gasteiger partial charge in [0.1, 0.15) is 11.4 Å². The van der Waals surface area contributed by atoms with Gasteiger partial charge in [0.25, 0.3) is 0 Å². The summed E-state index contributed by atoms with van der Waals surface area (Å²) in [6.07, 6.45) is 0.202. The summed E-state index contributed by atoms with van der Waals surface area (Å²) in [6, 6.07) is 4.72. The molecule has 6 heteroatoms. The van der Waals surface area contributed by atoms with E-state index in [1.54, 1.807) is 12.1 Å². The normalized spacial score (nSPS) is 30.2. The molecule has 4 nitrogen and oxygen atoms in total. The maximum Gasteiger partial charge on any atom is 0.407 e. The number of amides is 1. The van der Waals surface area contributed by atoms with Gasteiger partial charge in [-0.25, -0.2) is 9.18 Å². The van der Waals surface area contributed by atoms with E-state index in [1.165, 1.54) is 6.07 Å². The van der Waals surface area contributed by atoms with Crippen molar-refractivity contribution in [1.29, 1.82) is 0 Å². The minimum absolute atomic E-state index is 0.0164. The van der Waals surface area contributed by atoms with E-state index in [1.807, 2.05) is 0 Å². The van der Waals surface area contributed by atoms with Crippen LogP contribution in [0.15, 0.2) is 22.7 Å². The van der Waals surface area contributed by atoms with Crippen molar-refractivity contribution in [2.75, 3.05) is 19.8 Å². The number of hydrogen-bond donors (Lipinski definition) is 1. The highest BCUT2D eigenvalue weighted by Gasteiger charge is 2.49. The fourth-order valence-corrected chi connectivity index (χ4v) is 3.15. The molecule has 2 heterocycles. The van der Waals surface area contributed by atoms with E-state index >= 15 is 0 Å². The highest BCUT2D eigenvalue weighted by Crippen LogP contribution is 2.40. The molecule has 1 aromatic carbocycles. The van der Waals surface area contributed by atoms with Crippen LogP contribution in [0.2, 0.25) is 0 Å². The third-order valence-electron chi connectivity index (χ3n) is 3.79. The van der Waals surface area contributed by atoms with Crippen LogP contribution in [0.25, 0.3) is 0 Å². The first kappa shape index (κ1) is 12.9. The van der Waals surface area contributed by atoms with Crippen molar-refractivity contribution >= 4 is 22.0 Å². The zero-order valence-electron chi connectivity index (χ0n) is 10.1. The van der Waals surface area contributed by atoms with Gasteiger partial charge < -0.3 is 14.8 Å². The van der Waals surface area contributed by atoms with E-state index in [0.717, 1.165) is 10.9 Å². The number of alkyl carbamates (subject to hydrolysis) is 1. The molecule has 19 heavy (non-hydrogen) atoms. The van der Waals surface area contributed by atoms with Gasteiger partial charge in [-0.15, -0.1) is 0 Å². The zero-order chi connectivity index (χ0) is 13.5. The third kappa shape index (κ3) is 2.12. The largest absolute Gasteiger partial charge is 0.449 e. The maximum atomic E-state index is 14.2. The summed E-state index contributed by atoms with van der Waals surface area (Å²) in [4.78, 5) is 11.6. The lowest BCUT2D eigenvalue weighted by atomic mass is 9.75. The molecule has 1 aromatic rings. The van der Waals surface area contributed by atoms with Crippen molar-refractivity contribution < 1.29 is 18.7 Å². The Morgan fingerprint density at radius 3 is 3.16 bits per heavy atom. The van der Waals surface area contributed by atoms with Gasteiger partial charge in [-0.05, 0) is 24.6 Å². The molecule has 2 aliphatic rings. The Balaban J connectivity index is 2.10. The molecular weight excluding hydrogens is 317 g/mol. The van der Waals surface area contributed by atoms with Gasteiger partial charge in [0.2, 0.25) is 0 Å². The van der Waals surface area contributed by atoms with E-state index in [9.17, 15) is 9.18 Å². The minimum Gasteiger partial charge on any atom is -0.449 e. The fourth-order valence-electron chi connectivity index (χ4n) is 2.79. The van der Waals surface area contributed by atoms with Crippen LogP contribution in [-0.4, -0.2) is 25.9 Å². The number of fused-ring (bicyclic) bond motifs is 1. The number of carbonyl (C=O) groups excluding carboxylic acids is 1. The number of halogens is 2. The molecular formula is C13H13BrFNO3. The summed E-state index contributed by atoms with van der Waals surface area (Å²) in [5, 5.41) is 2.77. The number of rotatable bonds is 1. The molecule has 0 aliphatic carbocycles. The first-order chi connectivity index (χ1) is 9.12. The monoisotopic (exact) mass is 329 g/mol. The number of nitrogens with one attached hydrogen (secondary N) is 1. The van der Waals surface area contributed by atoms with Crippen LogP contribution in [0.5, 0.6) is 0 Å². The van der Waals surface area contributed by atoms with Gasteiger partial charge in [-0.3, -0.25) is 0 Å². The number of cyclic esters (lactones) is 1. The van der Waals surface area contributed by atoms with Crippen LogP contribution in [0.4, 0.5) is 9.18 Å². The number of benzene rings is 1. The molecule has 0 spiro atoms. The van der Waals surface area contributed by atoms with Crippen molar-refractivity contribution in [2.24, 2.45) is 5.92 Å². The Bertz CT molecular complexity index is 525. The molecule has 1 amide bonds. The highest BCUT2D eigenvalue weighted by molar-refractivity contribution is 9.10. The SMILES string of the molecule is O=C1NC2(c3cc(Br)ccc3F)COCCC2CO1. The van der Waals surface area contributed by atoms with E-state index < -0.39 is 11.6 Å². The van der Waals surface area contributed by atoms with Crippen LogP contribution in [-0.2, 0) is 15.0 Å². The lowest BCUT2D eigenvalue weighted by Crippen LogP contribution is -2.61. The van der Waals surface area contributed by atoms with Crippen molar-refractivity contribution in [3.05, 3.63) is 34.1 Å². The number of carbonyl (C=O) groups is 1. The quantitative estimate of drug-likeness (QED) is 0.861. The molecule has 102 valence electrons. The van der Waals surface area contributed by atoms with Gasteiger partial charge in [0, 0.05) is 22.6 Å². The maximum absolute atomic E-state index is 14.2. The van der Waals surface area contributed by atoms with Crippen LogP contribution >= 0.6 is 15.9 Å². The third-order valence-corrected chi connectivity index (χ3v) is 4.28. The van der Waals surface area contributed by atoms with Gasteiger partial charge in [0.05, 0.1) is 13.2 Å². The van der Waals surface area contributed by atoms with Crippen molar-refractivity contribution in [1.82, 2.24) is 5.32 Å². The topological polar surface area (TPSA) is 47.6 Å². The summed E-state index contributed by atoms with van der Waals surface area (Å²) in [7, 11) is 0. The Morgan fingerprint density at radius 2 is 2.32 bits per heavy atom. The van der Waals surface area contributed by atoms with Crippen molar-refractivity contribution in [3.63, 3.8) is 0 Å². The first-order valence-corrected chi connectivity index (χ1v) is 6.89. The summed E-state index contributed by atoms with van der Waals surface area (Å²) in [5.41, 5.74) is -0.384. The molecule has 0 bridgehead atoms. The molecule has 2 fully saturated rings. The molecule has 0 saturated carbocycles. The van der Waals surface area contributed by atoms with Gasteiger partial charge in [-0.1, -0.05) is 15.9 Å². The Labute approximate surface area is 118 Å². The van der Waals surface area contributed by atoms with Crippen molar-refractivity contribution in [2.45, 2.75) is 12.0 Å². The standard InChI is InChI=1S/C13H13BrFNO3/c14-9-1-2-11(15)10(5-9)13-7-18-4-3-8(13)6-19-12(17)16-13/h1-2,5,8H,3-4,6-7H2,(H,16,17). The molecule has 2 atom stereocenters. The van der Waals surface area contributed by atoms with Crippen LogP contribution in [0.3, 0.4) is 0 Å². The predicted octanol–water partition coefficient (Wildman–Crippen LogP) is 2.56. The summed E-state index contributed by atoms with van der Waals surface area (Å²) < 4.78 is 25.5. The van der Waals surface area contributed by atoms with Crippen LogP contribution in [0, 0.1) is 11.7 Å². The average Bonchev–Trinajstić information content (AvgIpc) is 2.41. The second-order valence-electron chi connectivity index (χ2n) is 4.86. The summed E-state index contributed by atoms with van der Waals surface area (Å²) in [5.74, 6) is -0.330.